The minimum Gasteiger partial charge on any atom is -0.384 e. The number of halogens is 1. The van der Waals surface area contributed by atoms with Crippen LogP contribution in [0, 0.1) is 5.82 Å². The number of hydrogen-bond donors (Lipinski definition) is 1. The van der Waals surface area contributed by atoms with Crippen LogP contribution >= 0.6 is 0 Å². The van der Waals surface area contributed by atoms with Gasteiger partial charge in [0.15, 0.2) is 0 Å². The first-order valence-corrected chi connectivity index (χ1v) is 6.06. The van der Waals surface area contributed by atoms with E-state index in [-0.39, 0.29) is 5.82 Å². The fourth-order valence-electron chi connectivity index (χ4n) is 1.88. The number of methoxy groups -OCH3 is 1. The predicted molar refractivity (Wildman–Crippen MR) is 71.2 cm³/mol. The molecule has 18 heavy (non-hydrogen) atoms. The van der Waals surface area contributed by atoms with Gasteiger partial charge in [-0.25, -0.2) is 4.39 Å². The molecule has 2 rings (SSSR count). The molecule has 0 unspecified atom stereocenters. The number of aromatic nitrogens is 1. The van der Waals surface area contributed by atoms with Crippen molar-refractivity contribution in [2.45, 2.75) is 20.0 Å². The molecule has 1 aromatic heterocycles. The maximum absolute atomic E-state index is 13.2. The summed E-state index contributed by atoms with van der Waals surface area (Å²) in [4.78, 5) is 4.39. The Labute approximate surface area is 106 Å². The van der Waals surface area contributed by atoms with Crippen molar-refractivity contribution in [1.82, 2.24) is 4.98 Å². The van der Waals surface area contributed by atoms with Crippen LogP contribution in [0.1, 0.15) is 19.0 Å². The van der Waals surface area contributed by atoms with Crippen LogP contribution in [0.2, 0.25) is 0 Å². The number of anilines is 1. The molecular weight excluding hydrogens is 231 g/mol. The second-order valence-corrected chi connectivity index (χ2v) is 4.18. The van der Waals surface area contributed by atoms with E-state index in [1.807, 2.05) is 6.07 Å². The molecule has 0 bridgehead atoms. The monoisotopic (exact) mass is 248 g/mol. The van der Waals surface area contributed by atoms with E-state index in [9.17, 15) is 4.39 Å². The number of benzene rings is 1. The van der Waals surface area contributed by atoms with Gasteiger partial charge in [0.2, 0.25) is 0 Å². The molecule has 1 N–H and O–H groups in total. The van der Waals surface area contributed by atoms with Crippen molar-refractivity contribution >= 4 is 16.6 Å². The van der Waals surface area contributed by atoms with Gasteiger partial charge in [0, 0.05) is 30.8 Å². The zero-order valence-corrected chi connectivity index (χ0v) is 10.7. The summed E-state index contributed by atoms with van der Waals surface area (Å²) in [6, 6.07) is 6.62. The zero-order valence-electron chi connectivity index (χ0n) is 10.7. The summed E-state index contributed by atoms with van der Waals surface area (Å²) < 4.78 is 18.3. The largest absolute Gasteiger partial charge is 0.384 e. The normalized spacial score (nSPS) is 10.8. The molecule has 0 saturated carbocycles. The number of ether oxygens (including phenoxy) is 1. The second kappa shape index (κ2) is 5.78. The first kappa shape index (κ1) is 12.8. The van der Waals surface area contributed by atoms with Crippen molar-refractivity contribution in [3.63, 3.8) is 0 Å². The van der Waals surface area contributed by atoms with Crippen LogP contribution in [0.5, 0.6) is 0 Å². The third-order valence-electron chi connectivity index (χ3n) is 2.68. The van der Waals surface area contributed by atoms with E-state index in [1.54, 1.807) is 13.2 Å². The van der Waals surface area contributed by atoms with Gasteiger partial charge in [-0.15, -0.1) is 0 Å². The van der Waals surface area contributed by atoms with Crippen molar-refractivity contribution in [2.75, 3.05) is 19.0 Å². The minimum atomic E-state index is -0.272. The van der Waals surface area contributed by atoms with Gasteiger partial charge in [0.25, 0.3) is 0 Å². The zero-order chi connectivity index (χ0) is 13.0. The number of nitrogens with zero attached hydrogens (tertiary/aromatic N) is 1. The molecule has 0 radical (unpaired) electrons. The average molecular weight is 248 g/mol. The van der Waals surface area contributed by atoms with Crippen LogP contribution in [0.4, 0.5) is 10.1 Å². The van der Waals surface area contributed by atoms with Crippen molar-refractivity contribution < 1.29 is 9.13 Å². The van der Waals surface area contributed by atoms with E-state index in [4.69, 9.17) is 4.74 Å². The summed E-state index contributed by atoms with van der Waals surface area (Å²) in [5, 5.41) is 4.27. The number of nitrogens with one attached hydrogen (secondary N) is 1. The molecule has 0 atom stereocenters. The van der Waals surface area contributed by atoms with Gasteiger partial charge in [-0.3, -0.25) is 4.98 Å². The molecule has 1 heterocycles. The van der Waals surface area contributed by atoms with Gasteiger partial charge >= 0.3 is 0 Å². The molecule has 0 aliphatic rings. The smallest absolute Gasteiger partial charge is 0.125 e. The molecule has 0 amide bonds. The van der Waals surface area contributed by atoms with Crippen LogP contribution in [0.3, 0.4) is 0 Å². The molecule has 1 aromatic carbocycles. The molecule has 0 aliphatic carbocycles. The Morgan fingerprint density at radius 1 is 1.33 bits per heavy atom. The Balaban J connectivity index is 2.49. The summed E-state index contributed by atoms with van der Waals surface area (Å²) in [5.74, 6) is -0.272. The number of fused-ring (bicyclic) bond motifs is 1. The van der Waals surface area contributed by atoms with Crippen molar-refractivity contribution in [2.24, 2.45) is 0 Å². The van der Waals surface area contributed by atoms with E-state index in [1.165, 1.54) is 12.1 Å². The molecule has 0 saturated heterocycles. The fourth-order valence-corrected chi connectivity index (χ4v) is 1.88. The van der Waals surface area contributed by atoms with Crippen molar-refractivity contribution in [3.05, 3.63) is 35.8 Å². The molecule has 4 heteroatoms. The first-order valence-electron chi connectivity index (χ1n) is 6.06. The van der Waals surface area contributed by atoms with E-state index in [0.717, 1.165) is 29.7 Å². The van der Waals surface area contributed by atoms with Gasteiger partial charge in [-0.05, 0) is 24.6 Å². The molecule has 96 valence electrons. The highest BCUT2D eigenvalue weighted by Gasteiger charge is 2.06. The summed E-state index contributed by atoms with van der Waals surface area (Å²) in [5.41, 5.74) is 2.44. The summed E-state index contributed by atoms with van der Waals surface area (Å²) >= 11 is 0. The van der Waals surface area contributed by atoms with Gasteiger partial charge < -0.3 is 10.1 Å². The number of hydrogen-bond acceptors (Lipinski definition) is 3. The number of rotatable bonds is 5. The second-order valence-electron chi connectivity index (χ2n) is 4.18. The quantitative estimate of drug-likeness (QED) is 0.881. The highest BCUT2D eigenvalue weighted by atomic mass is 19.1. The van der Waals surface area contributed by atoms with E-state index in [0.29, 0.717) is 12.1 Å². The van der Waals surface area contributed by atoms with Crippen LogP contribution in [-0.2, 0) is 11.3 Å². The Kier molecular flexibility index (Phi) is 4.10. The molecular formula is C14H17FN2O. The van der Waals surface area contributed by atoms with Crippen LogP contribution in [0.15, 0.2) is 24.3 Å². The molecule has 0 fully saturated rings. The minimum absolute atomic E-state index is 0.272. The van der Waals surface area contributed by atoms with Gasteiger partial charge in [-0.2, -0.15) is 0 Å². The van der Waals surface area contributed by atoms with Gasteiger partial charge in [-0.1, -0.05) is 6.92 Å². The fraction of sp³-hybridized carbons (Fsp3) is 0.357. The maximum atomic E-state index is 13.2. The summed E-state index contributed by atoms with van der Waals surface area (Å²) in [7, 11) is 1.62. The standard InChI is InChI=1S/C14H17FN2O/c1-3-6-16-13-8-11(9-18-2)17-14-7-10(15)4-5-12(13)14/h4-5,7-8H,3,6,9H2,1-2H3,(H,16,17). The Hall–Kier alpha value is -1.68. The molecule has 2 aromatic rings. The van der Waals surface area contributed by atoms with Crippen LogP contribution in [-0.4, -0.2) is 18.6 Å². The van der Waals surface area contributed by atoms with E-state index < -0.39 is 0 Å². The topological polar surface area (TPSA) is 34.1 Å². The van der Waals surface area contributed by atoms with E-state index in [2.05, 4.69) is 17.2 Å². The summed E-state index contributed by atoms with van der Waals surface area (Å²) in [6.07, 6.45) is 1.03. The predicted octanol–water partition coefficient (Wildman–Crippen LogP) is 3.34. The van der Waals surface area contributed by atoms with Gasteiger partial charge in [0.1, 0.15) is 5.82 Å². The van der Waals surface area contributed by atoms with Crippen molar-refractivity contribution in [3.8, 4) is 0 Å². The highest BCUT2D eigenvalue weighted by Crippen LogP contribution is 2.24. The number of pyridine rings is 1. The lowest BCUT2D eigenvalue weighted by Crippen LogP contribution is -2.03. The summed E-state index contributed by atoms with van der Waals surface area (Å²) in [6.45, 7) is 3.41. The lowest BCUT2D eigenvalue weighted by Gasteiger charge is -2.11. The van der Waals surface area contributed by atoms with Crippen LogP contribution in [0.25, 0.3) is 10.9 Å². The lowest BCUT2D eigenvalue weighted by molar-refractivity contribution is 0.182. The Morgan fingerprint density at radius 2 is 2.17 bits per heavy atom. The third kappa shape index (κ3) is 2.76. The third-order valence-corrected chi connectivity index (χ3v) is 2.68. The Bertz CT molecular complexity index is 543. The molecule has 0 spiro atoms. The van der Waals surface area contributed by atoms with E-state index >= 15 is 0 Å². The average Bonchev–Trinajstić information content (AvgIpc) is 2.35. The SMILES string of the molecule is CCCNc1cc(COC)nc2cc(F)ccc12. The van der Waals surface area contributed by atoms with Crippen LogP contribution < -0.4 is 5.32 Å². The molecule has 0 aliphatic heterocycles. The highest BCUT2D eigenvalue weighted by molar-refractivity contribution is 5.91. The Morgan fingerprint density at radius 3 is 2.89 bits per heavy atom. The van der Waals surface area contributed by atoms with Gasteiger partial charge in [0.05, 0.1) is 17.8 Å². The maximum Gasteiger partial charge on any atom is 0.125 e. The van der Waals surface area contributed by atoms with Crippen molar-refractivity contribution in [1.29, 1.82) is 0 Å². The molecule has 3 nitrogen and oxygen atoms in total. The first-order chi connectivity index (χ1) is 8.74. The lowest BCUT2D eigenvalue weighted by atomic mass is 10.1.